The summed E-state index contributed by atoms with van der Waals surface area (Å²) in [7, 11) is 0. The molecule has 1 radical (unpaired) electrons. The van der Waals surface area contributed by atoms with Crippen LogP contribution < -0.4 is 0 Å². The molecule has 0 aliphatic carbocycles. The van der Waals surface area contributed by atoms with Crippen LogP contribution in [0.15, 0.2) is 102 Å². The van der Waals surface area contributed by atoms with Gasteiger partial charge in [-0.3, -0.25) is 14.4 Å². The molecular weight excluding hydrogens is 848 g/mol. The van der Waals surface area contributed by atoms with Crippen LogP contribution in [0.3, 0.4) is 0 Å². The van der Waals surface area contributed by atoms with Crippen LogP contribution in [-0.2, 0) is 25.5 Å². The normalized spacial score (nSPS) is 12.8. The van der Waals surface area contributed by atoms with Crippen molar-refractivity contribution in [1.29, 1.82) is 0 Å². The first-order chi connectivity index (χ1) is 26.5. The van der Waals surface area contributed by atoms with E-state index in [1.54, 1.807) is 12.3 Å². The Labute approximate surface area is 335 Å². The van der Waals surface area contributed by atoms with Crippen LogP contribution in [0.25, 0.3) is 61.3 Å². The maximum absolute atomic E-state index is 13.8. The molecule has 7 heteroatoms. The topological polar surface area (TPSA) is 56.7 Å². The number of imidazole rings is 1. The molecule has 0 N–H and O–H groups in total. The van der Waals surface area contributed by atoms with Gasteiger partial charge in [0.15, 0.2) is 0 Å². The first-order valence-electron chi connectivity index (χ1n) is 19.5. The smallest absolute Gasteiger partial charge is 0.120 e. The number of benzene rings is 4. The van der Waals surface area contributed by atoms with Gasteiger partial charge in [0.1, 0.15) is 5.58 Å². The minimum Gasteiger partial charge on any atom is -0.501 e. The minimum atomic E-state index is -2.32. The van der Waals surface area contributed by atoms with E-state index in [2.05, 4.69) is 113 Å². The average Bonchev–Trinajstić information content (AvgIpc) is 3.73. The molecule has 0 atom stereocenters. The van der Waals surface area contributed by atoms with E-state index in [0.29, 0.717) is 17.5 Å². The molecule has 5 nitrogen and oxygen atoms in total. The zero-order valence-electron chi connectivity index (χ0n) is 34.8. The molecule has 8 aromatic rings. The largest absolute Gasteiger partial charge is 0.501 e. The molecule has 0 unspecified atom stereocenters. The number of furan rings is 1. The van der Waals surface area contributed by atoms with Gasteiger partial charge in [0, 0.05) is 58.9 Å². The number of rotatable bonds is 5. The van der Waals surface area contributed by atoms with Crippen LogP contribution in [0.2, 0.25) is 0 Å². The Morgan fingerprint density at radius 1 is 0.833 bits per heavy atom. The molecule has 0 bridgehead atoms. The average molecular weight is 896 g/mol. The van der Waals surface area contributed by atoms with E-state index < -0.39 is 12.7 Å². The molecule has 0 amide bonds. The van der Waals surface area contributed by atoms with Gasteiger partial charge in [-0.15, -0.1) is 42.0 Å². The standard InChI is InChI=1S/C34H34N3O.C13H11FN.Ir/c1-20(2)22-13-10-14-23(21(3)4)30(22)37-27-18-19-35-32(34(5,6)7)29(27)36-33(37)26-16-11-15-25-24-12-8-9-17-28(24)38-31(25)26;1-9-3-5-11(12(14)7-9)13-6-4-10(2)8-15-13;/h8-15,17-21H,1-7H3;3-4,6-8H,1-2H3;/q2*-1;/i;1D3;. The zero-order valence-corrected chi connectivity index (χ0v) is 34.2. The Morgan fingerprint density at radius 2 is 1.57 bits per heavy atom. The van der Waals surface area contributed by atoms with E-state index in [9.17, 15) is 4.39 Å². The van der Waals surface area contributed by atoms with E-state index in [-0.39, 0.29) is 36.6 Å². The van der Waals surface area contributed by atoms with Gasteiger partial charge in [-0.05, 0) is 53.3 Å². The second-order valence-corrected chi connectivity index (χ2v) is 15.2. The summed E-state index contributed by atoms with van der Waals surface area (Å²) >= 11 is 0. The maximum Gasteiger partial charge on any atom is 0.120 e. The predicted molar refractivity (Wildman–Crippen MR) is 215 cm³/mol. The van der Waals surface area contributed by atoms with Crippen molar-refractivity contribution in [3.05, 3.63) is 143 Å². The van der Waals surface area contributed by atoms with Gasteiger partial charge < -0.3 is 14.0 Å². The maximum atomic E-state index is 13.8. The van der Waals surface area contributed by atoms with Crippen LogP contribution in [0.1, 0.15) is 92.4 Å². The van der Waals surface area contributed by atoms with Crippen LogP contribution in [0, 0.1) is 31.7 Å². The molecule has 4 heterocycles. The van der Waals surface area contributed by atoms with E-state index in [0.717, 1.165) is 61.7 Å². The minimum absolute atomic E-state index is 0. The van der Waals surface area contributed by atoms with Crippen molar-refractivity contribution < 1.29 is 33.0 Å². The number of fused-ring (bicyclic) bond motifs is 4. The molecule has 54 heavy (non-hydrogen) atoms. The number of aromatic nitrogens is 4. The van der Waals surface area contributed by atoms with Crippen molar-refractivity contribution in [2.24, 2.45) is 0 Å². The first kappa shape index (κ1) is 34.8. The molecule has 0 aliphatic heterocycles. The predicted octanol–water partition coefficient (Wildman–Crippen LogP) is 12.6. The summed E-state index contributed by atoms with van der Waals surface area (Å²) in [4.78, 5) is 14.3. The number of hydrogen-bond donors (Lipinski definition) is 0. The number of para-hydroxylation sites is 2. The van der Waals surface area contributed by atoms with Gasteiger partial charge in [-0.1, -0.05) is 120 Å². The van der Waals surface area contributed by atoms with E-state index in [4.69, 9.17) is 18.5 Å². The molecule has 0 fully saturated rings. The van der Waals surface area contributed by atoms with Gasteiger partial charge in [-0.2, -0.15) is 0 Å². The van der Waals surface area contributed by atoms with Crippen molar-refractivity contribution >= 4 is 33.0 Å². The fraction of sp³-hybridized carbons (Fsp3) is 0.255. The van der Waals surface area contributed by atoms with Gasteiger partial charge >= 0.3 is 0 Å². The molecule has 0 saturated carbocycles. The molecule has 0 saturated heterocycles. The Bertz CT molecular complexity index is 2680. The quantitative estimate of drug-likeness (QED) is 0.162. The van der Waals surface area contributed by atoms with Crippen LogP contribution in [-0.4, -0.2) is 19.5 Å². The van der Waals surface area contributed by atoms with E-state index >= 15 is 0 Å². The molecule has 4 aromatic carbocycles. The second-order valence-electron chi connectivity index (χ2n) is 15.2. The molecule has 8 rings (SSSR count). The summed E-state index contributed by atoms with van der Waals surface area (Å²) in [6, 6.07) is 33.0. The third-order valence-corrected chi connectivity index (χ3v) is 9.47. The summed E-state index contributed by atoms with van der Waals surface area (Å²) < 4.78 is 44.3. The second kappa shape index (κ2) is 15.4. The van der Waals surface area contributed by atoms with Crippen molar-refractivity contribution in [3.63, 3.8) is 0 Å². The van der Waals surface area contributed by atoms with Crippen LogP contribution >= 0.6 is 0 Å². The Kier molecular flexibility index (Phi) is 9.92. The summed E-state index contributed by atoms with van der Waals surface area (Å²) in [5.41, 5.74) is 10.7. The van der Waals surface area contributed by atoms with Crippen molar-refractivity contribution in [2.45, 2.75) is 79.5 Å². The number of aryl methyl sites for hydroxylation is 2. The summed E-state index contributed by atoms with van der Waals surface area (Å²) in [5.74, 6) is 0.880. The number of pyridine rings is 2. The number of hydrogen-bond acceptors (Lipinski definition) is 4. The van der Waals surface area contributed by atoms with Gasteiger partial charge in [0.2, 0.25) is 0 Å². The SMILES string of the molecule is CC(C)c1cccc(C(C)C)c1-n1c(-c2[c-]ccc3c2oc2ccccc23)nc2c(C(C)(C)C)nccc21.[2H]C([2H])([2H])c1c[c-]c(-c2ccc(C)cn2)c(F)c1.[Ir]. The molecule has 0 spiro atoms. The Hall–Kier alpha value is -4.97. The Morgan fingerprint density at radius 3 is 2.22 bits per heavy atom. The van der Waals surface area contributed by atoms with Crippen molar-refractivity contribution in [3.8, 4) is 28.3 Å². The molecule has 277 valence electrons. The fourth-order valence-electron chi connectivity index (χ4n) is 6.86. The fourth-order valence-corrected chi connectivity index (χ4v) is 6.86. The number of halogens is 1. The van der Waals surface area contributed by atoms with Crippen LogP contribution in [0.5, 0.6) is 0 Å². The van der Waals surface area contributed by atoms with E-state index in [1.165, 1.54) is 22.9 Å². The third-order valence-electron chi connectivity index (χ3n) is 9.47. The summed E-state index contributed by atoms with van der Waals surface area (Å²) in [5, 5.41) is 2.17. The van der Waals surface area contributed by atoms with Gasteiger partial charge in [-0.25, -0.2) is 0 Å². The summed E-state index contributed by atoms with van der Waals surface area (Å²) in [6.07, 6.45) is 3.55. The van der Waals surface area contributed by atoms with Gasteiger partial charge in [0.05, 0.1) is 28.1 Å². The van der Waals surface area contributed by atoms with Gasteiger partial charge in [0.25, 0.3) is 0 Å². The summed E-state index contributed by atoms with van der Waals surface area (Å²) in [6.45, 7) is 15.2. The molecule has 0 aliphatic rings. The molecular formula is C47H45FIrN4O-2. The third kappa shape index (κ3) is 7.28. The van der Waals surface area contributed by atoms with E-state index in [1.807, 2.05) is 37.4 Å². The molecule has 4 aromatic heterocycles. The van der Waals surface area contributed by atoms with Crippen LogP contribution in [0.4, 0.5) is 4.39 Å². The zero-order chi connectivity index (χ0) is 40.1. The monoisotopic (exact) mass is 896 g/mol. The Balaban J connectivity index is 0.000000244. The number of nitrogens with zero attached hydrogens (tertiary/aromatic N) is 4. The van der Waals surface area contributed by atoms with Crippen molar-refractivity contribution in [1.82, 2.24) is 19.5 Å². The first-order valence-corrected chi connectivity index (χ1v) is 18.0. The van der Waals surface area contributed by atoms with Crippen molar-refractivity contribution in [2.75, 3.05) is 0 Å².